The second kappa shape index (κ2) is 5.66. The minimum atomic E-state index is -0.319. The zero-order chi connectivity index (χ0) is 13.0. The van der Waals surface area contributed by atoms with Crippen LogP contribution in [-0.4, -0.2) is 18.9 Å². The van der Waals surface area contributed by atoms with E-state index in [-0.39, 0.29) is 11.7 Å². The van der Waals surface area contributed by atoms with Crippen LogP contribution in [0.3, 0.4) is 0 Å². The number of nitrogens with two attached hydrogens (primary N) is 1. The van der Waals surface area contributed by atoms with Crippen molar-refractivity contribution in [3.63, 3.8) is 0 Å². The number of rotatable bonds is 5. The van der Waals surface area contributed by atoms with Crippen molar-refractivity contribution in [3.8, 4) is 0 Å². The number of anilines is 1. The lowest BCUT2D eigenvalue weighted by atomic mass is 10.1. The van der Waals surface area contributed by atoms with Crippen molar-refractivity contribution >= 4 is 11.5 Å². The first-order valence-corrected chi connectivity index (χ1v) is 5.84. The number of benzene rings is 1. The Morgan fingerprint density at radius 3 is 2.53 bits per heavy atom. The first-order valence-electron chi connectivity index (χ1n) is 5.84. The third-order valence-corrected chi connectivity index (χ3v) is 2.57. The highest BCUT2D eigenvalue weighted by atomic mass is 19.1. The van der Waals surface area contributed by atoms with Crippen LogP contribution in [0, 0.1) is 17.1 Å². The molecular weight excluding hydrogens is 217 g/mol. The molecule has 0 saturated carbocycles. The summed E-state index contributed by atoms with van der Waals surface area (Å²) in [7, 11) is 0. The van der Waals surface area contributed by atoms with Crippen molar-refractivity contribution in [2.24, 2.45) is 11.7 Å². The first kappa shape index (κ1) is 13.5. The molecule has 0 heterocycles. The van der Waals surface area contributed by atoms with Crippen LogP contribution in [0.4, 0.5) is 10.1 Å². The van der Waals surface area contributed by atoms with Crippen LogP contribution in [0.1, 0.15) is 26.3 Å². The molecule has 17 heavy (non-hydrogen) atoms. The Hall–Kier alpha value is -1.58. The number of nitrogen functional groups attached to an aromatic ring is 1. The molecule has 3 N–H and O–H groups in total. The number of hydrogen-bond acceptors (Lipinski definition) is 2. The maximum atomic E-state index is 13.9. The summed E-state index contributed by atoms with van der Waals surface area (Å²) >= 11 is 0. The van der Waals surface area contributed by atoms with E-state index in [9.17, 15) is 4.39 Å². The molecule has 0 fully saturated rings. The van der Waals surface area contributed by atoms with Crippen LogP contribution >= 0.6 is 0 Å². The molecule has 94 valence electrons. The molecule has 0 bridgehead atoms. The van der Waals surface area contributed by atoms with E-state index >= 15 is 0 Å². The zero-order valence-electron chi connectivity index (χ0n) is 10.6. The standard InChI is InChI=1S/C13H20FN3/c1-4-17(8-9(2)3)12-6-5-10(13(15)16)7-11(12)14/h5-7,9H,4,8H2,1-3H3,(H3,15,16). The molecule has 1 aromatic rings. The van der Waals surface area contributed by atoms with Gasteiger partial charge in [-0.2, -0.15) is 0 Å². The summed E-state index contributed by atoms with van der Waals surface area (Å²) < 4.78 is 13.9. The van der Waals surface area contributed by atoms with Crippen LogP contribution in [0.2, 0.25) is 0 Å². The molecule has 0 spiro atoms. The van der Waals surface area contributed by atoms with Crippen LogP contribution in [0.25, 0.3) is 0 Å². The fourth-order valence-electron chi connectivity index (χ4n) is 1.77. The predicted molar refractivity (Wildman–Crippen MR) is 70.1 cm³/mol. The number of nitrogens with one attached hydrogen (secondary N) is 1. The topological polar surface area (TPSA) is 53.1 Å². The normalized spacial score (nSPS) is 10.6. The lowest BCUT2D eigenvalue weighted by molar-refractivity contribution is 0.586. The average molecular weight is 237 g/mol. The van der Waals surface area contributed by atoms with Crippen molar-refractivity contribution in [1.29, 1.82) is 5.41 Å². The minimum Gasteiger partial charge on any atom is -0.384 e. The van der Waals surface area contributed by atoms with Gasteiger partial charge in [-0.05, 0) is 31.0 Å². The Bertz CT molecular complexity index is 402. The van der Waals surface area contributed by atoms with Gasteiger partial charge < -0.3 is 10.6 Å². The molecular formula is C13H20FN3. The highest BCUT2D eigenvalue weighted by Crippen LogP contribution is 2.21. The van der Waals surface area contributed by atoms with Gasteiger partial charge in [-0.1, -0.05) is 13.8 Å². The van der Waals surface area contributed by atoms with Crippen LogP contribution in [0.5, 0.6) is 0 Å². The molecule has 0 aromatic heterocycles. The maximum Gasteiger partial charge on any atom is 0.147 e. The summed E-state index contributed by atoms with van der Waals surface area (Å²) in [5.74, 6) is 0.0457. The molecule has 0 saturated heterocycles. The van der Waals surface area contributed by atoms with Gasteiger partial charge >= 0.3 is 0 Å². The van der Waals surface area contributed by atoms with E-state index in [1.54, 1.807) is 12.1 Å². The zero-order valence-corrected chi connectivity index (χ0v) is 10.6. The van der Waals surface area contributed by atoms with Gasteiger partial charge in [0.25, 0.3) is 0 Å². The van der Waals surface area contributed by atoms with Gasteiger partial charge in [0.05, 0.1) is 5.69 Å². The second-order valence-electron chi connectivity index (χ2n) is 4.51. The number of halogens is 1. The summed E-state index contributed by atoms with van der Waals surface area (Å²) in [4.78, 5) is 1.99. The number of hydrogen-bond donors (Lipinski definition) is 2. The van der Waals surface area contributed by atoms with E-state index in [0.717, 1.165) is 13.1 Å². The molecule has 3 nitrogen and oxygen atoms in total. The first-order chi connectivity index (χ1) is 7.95. The maximum absolute atomic E-state index is 13.9. The van der Waals surface area contributed by atoms with E-state index in [1.807, 2.05) is 11.8 Å². The van der Waals surface area contributed by atoms with E-state index in [1.165, 1.54) is 6.07 Å². The van der Waals surface area contributed by atoms with Crippen molar-refractivity contribution in [1.82, 2.24) is 0 Å². The van der Waals surface area contributed by atoms with E-state index in [0.29, 0.717) is 17.2 Å². The highest BCUT2D eigenvalue weighted by molar-refractivity contribution is 5.95. The van der Waals surface area contributed by atoms with Crippen molar-refractivity contribution in [2.45, 2.75) is 20.8 Å². The lowest BCUT2D eigenvalue weighted by Crippen LogP contribution is -2.28. The molecule has 0 atom stereocenters. The Kier molecular flexibility index (Phi) is 4.49. The average Bonchev–Trinajstić information content (AvgIpc) is 2.25. The van der Waals surface area contributed by atoms with Crippen molar-refractivity contribution < 1.29 is 4.39 Å². The van der Waals surface area contributed by atoms with Crippen LogP contribution in [0.15, 0.2) is 18.2 Å². The van der Waals surface area contributed by atoms with Gasteiger partial charge in [-0.15, -0.1) is 0 Å². The quantitative estimate of drug-likeness (QED) is 0.611. The Morgan fingerprint density at radius 1 is 1.47 bits per heavy atom. The summed E-state index contributed by atoms with van der Waals surface area (Å²) in [6.45, 7) is 7.77. The monoisotopic (exact) mass is 237 g/mol. The molecule has 0 aliphatic heterocycles. The van der Waals surface area contributed by atoms with Gasteiger partial charge in [0, 0.05) is 18.7 Å². The third kappa shape index (κ3) is 3.44. The number of nitrogens with zero attached hydrogens (tertiary/aromatic N) is 1. The largest absolute Gasteiger partial charge is 0.384 e. The molecule has 0 amide bonds. The minimum absolute atomic E-state index is 0.109. The summed E-state index contributed by atoms with van der Waals surface area (Å²) in [5.41, 5.74) is 6.32. The number of amidine groups is 1. The Labute approximate surface area is 102 Å². The fraction of sp³-hybridized carbons (Fsp3) is 0.462. The molecule has 4 heteroatoms. The van der Waals surface area contributed by atoms with Crippen LogP contribution < -0.4 is 10.6 Å². The molecule has 1 aromatic carbocycles. The van der Waals surface area contributed by atoms with Gasteiger partial charge in [-0.25, -0.2) is 4.39 Å². The SMILES string of the molecule is CCN(CC(C)C)c1ccc(C(=N)N)cc1F. The predicted octanol–water partition coefficient (Wildman–Crippen LogP) is 2.59. The van der Waals surface area contributed by atoms with E-state index in [2.05, 4.69) is 13.8 Å². The molecule has 0 unspecified atom stereocenters. The smallest absolute Gasteiger partial charge is 0.147 e. The fourth-order valence-corrected chi connectivity index (χ4v) is 1.77. The van der Waals surface area contributed by atoms with Crippen molar-refractivity contribution in [3.05, 3.63) is 29.6 Å². The summed E-state index contributed by atoms with van der Waals surface area (Å²) in [5, 5.41) is 7.27. The summed E-state index contributed by atoms with van der Waals surface area (Å²) in [6.07, 6.45) is 0. The van der Waals surface area contributed by atoms with Gasteiger partial charge in [-0.3, -0.25) is 5.41 Å². The highest BCUT2D eigenvalue weighted by Gasteiger charge is 2.12. The third-order valence-electron chi connectivity index (χ3n) is 2.57. The van der Waals surface area contributed by atoms with Crippen LogP contribution in [-0.2, 0) is 0 Å². The molecule has 0 aliphatic rings. The Morgan fingerprint density at radius 2 is 2.12 bits per heavy atom. The molecule has 0 aliphatic carbocycles. The molecule has 0 radical (unpaired) electrons. The van der Waals surface area contributed by atoms with Gasteiger partial charge in [0.2, 0.25) is 0 Å². The van der Waals surface area contributed by atoms with Gasteiger partial charge in [0.1, 0.15) is 11.7 Å². The van der Waals surface area contributed by atoms with E-state index < -0.39 is 0 Å². The molecule has 1 rings (SSSR count). The summed E-state index contributed by atoms with van der Waals surface area (Å²) in [6, 6.07) is 4.70. The van der Waals surface area contributed by atoms with Crippen molar-refractivity contribution in [2.75, 3.05) is 18.0 Å². The Balaban J connectivity index is 3.00. The lowest BCUT2D eigenvalue weighted by Gasteiger charge is -2.25. The van der Waals surface area contributed by atoms with Gasteiger partial charge in [0.15, 0.2) is 0 Å². The van der Waals surface area contributed by atoms with E-state index in [4.69, 9.17) is 11.1 Å². The second-order valence-corrected chi connectivity index (χ2v) is 4.51.